The molecule has 2 bridgehead atoms. The molecule has 2 aromatic carbocycles. The van der Waals surface area contributed by atoms with Crippen LogP contribution in [0.2, 0.25) is 0 Å². The molecule has 0 aromatic heterocycles. The maximum atomic E-state index is 13.4. The summed E-state index contributed by atoms with van der Waals surface area (Å²) in [6.45, 7) is 11.1. The first-order valence-electron chi connectivity index (χ1n) is 15.5. The van der Waals surface area contributed by atoms with Crippen LogP contribution in [0.5, 0.6) is 11.5 Å². The van der Waals surface area contributed by atoms with Gasteiger partial charge in [-0.05, 0) is 81.7 Å². The Hall–Kier alpha value is -3.10. The van der Waals surface area contributed by atoms with Crippen molar-refractivity contribution in [3.63, 3.8) is 0 Å². The largest absolute Gasteiger partial charge is 0.494 e. The van der Waals surface area contributed by atoms with E-state index in [-0.39, 0.29) is 30.0 Å². The third-order valence-corrected chi connectivity index (χ3v) is 8.53. The van der Waals surface area contributed by atoms with Gasteiger partial charge in [-0.25, -0.2) is 0 Å². The second-order valence-corrected chi connectivity index (χ2v) is 12.9. The van der Waals surface area contributed by atoms with Crippen molar-refractivity contribution in [3.05, 3.63) is 59.2 Å². The number of carbonyl (C=O) groups excluding carboxylic acids is 2. The number of ether oxygens (including phenoxy) is 2. The number of carbonyl (C=O) groups is 2. The van der Waals surface area contributed by atoms with Gasteiger partial charge in [0.2, 0.25) is 11.8 Å². The van der Waals surface area contributed by atoms with Gasteiger partial charge in [0, 0.05) is 38.0 Å². The first kappa shape index (κ1) is 31.8. The van der Waals surface area contributed by atoms with E-state index in [0.717, 1.165) is 48.3 Å². The van der Waals surface area contributed by atoms with E-state index in [1.807, 2.05) is 30.3 Å². The number of nitrogens with zero attached hydrogens (tertiary/aromatic N) is 1. The maximum absolute atomic E-state index is 13.4. The molecule has 0 aliphatic carbocycles. The highest BCUT2D eigenvalue weighted by molar-refractivity contribution is 5.87. The number of aliphatic hydroxyl groups excluding tert-OH is 1. The van der Waals surface area contributed by atoms with Crippen LogP contribution in [0, 0.1) is 0 Å². The van der Waals surface area contributed by atoms with E-state index in [9.17, 15) is 14.7 Å². The van der Waals surface area contributed by atoms with E-state index in [4.69, 9.17) is 9.47 Å². The van der Waals surface area contributed by atoms with Crippen molar-refractivity contribution in [2.24, 2.45) is 0 Å². The third kappa shape index (κ3) is 8.26. The Labute approximate surface area is 251 Å². The van der Waals surface area contributed by atoms with Gasteiger partial charge in [0.15, 0.2) is 0 Å². The lowest BCUT2D eigenvalue weighted by molar-refractivity contribution is -0.139. The zero-order valence-corrected chi connectivity index (χ0v) is 26.1. The van der Waals surface area contributed by atoms with Crippen molar-refractivity contribution in [1.29, 1.82) is 0 Å². The van der Waals surface area contributed by atoms with E-state index in [0.29, 0.717) is 25.4 Å². The molecule has 2 aliphatic rings. The Kier molecular flexibility index (Phi) is 10.5. The molecule has 42 heavy (non-hydrogen) atoms. The monoisotopic (exact) mass is 579 g/mol. The Morgan fingerprint density at radius 1 is 1.12 bits per heavy atom. The molecule has 8 heteroatoms. The Morgan fingerprint density at radius 2 is 1.90 bits per heavy atom. The second kappa shape index (κ2) is 13.9. The van der Waals surface area contributed by atoms with Gasteiger partial charge in [0.25, 0.3) is 0 Å². The highest BCUT2D eigenvalue weighted by atomic mass is 16.5. The summed E-state index contributed by atoms with van der Waals surface area (Å²) in [6, 6.07) is 13.0. The van der Waals surface area contributed by atoms with Gasteiger partial charge in [0.05, 0.1) is 18.8 Å². The first-order chi connectivity index (χ1) is 19.9. The zero-order valence-electron chi connectivity index (χ0n) is 26.1. The van der Waals surface area contributed by atoms with Gasteiger partial charge < -0.3 is 30.1 Å². The lowest BCUT2D eigenvalue weighted by atomic mass is 9.87. The molecule has 0 radical (unpaired) electrons. The molecule has 3 N–H and O–H groups in total. The Bertz CT molecular complexity index is 1230. The predicted molar refractivity (Wildman–Crippen MR) is 165 cm³/mol. The summed E-state index contributed by atoms with van der Waals surface area (Å²) in [4.78, 5) is 27.6. The molecule has 0 fully saturated rings. The van der Waals surface area contributed by atoms with Crippen molar-refractivity contribution in [3.8, 4) is 11.5 Å². The summed E-state index contributed by atoms with van der Waals surface area (Å²) in [5.41, 5.74) is 2.93. The summed E-state index contributed by atoms with van der Waals surface area (Å²) in [7, 11) is 1.67. The number of amides is 2. The normalized spacial score (nSPS) is 24.3. The molecule has 8 nitrogen and oxygen atoms in total. The fourth-order valence-electron chi connectivity index (χ4n) is 5.74. The number of hydrogen-bond donors (Lipinski definition) is 3. The molecule has 0 saturated heterocycles. The minimum absolute atomic E-state index is 0.0154. The molecule has 2 aliphatic heterocycles. The fraction of sp³-hybridized carbons (Fsp3) is 0.588. The summed E-state index contributed by atoms with van der Waals surface area (Å²) >= 11 is 0. The van der Waals surface area contributed by atoms with Crippen molar-refractivity contribution in [2.75, 3.05) is 20.2 Å². The molecule has 2 amide bonds. The van der Waals surface area contributed by atoms with Crippen molar-refractivity contribution in [1.82, 2.24) is 15.5 Å². The Morgan fingerprint density at radius 3 is 2.67 bits per heavy atom. The highest BCUT2D eigenvalue weighted by Crippen LogP contribution is 2.40. The number of hydrogen-bond acceptors (Lipinski definition) is 6. The summed E-state index contributed by atoms with van der Waals surface area (Å²) in [5.74, 6) is 1.67. The zero-order chi connectivity index (χ0) is 30.4. The molecule has 230 valence electrons. The van der Waals surface area contributed by atoms with Crippen LogP contribution in [0.3, 0.4) is 0 Å². The van der Waals surface area contributed by atoms with Crippen molar-refractivity contribution < 1.29 is 24.2 Å². The van der Waals surface area contributed by atoms with Crippen LogP contribution in [0.15, 0.2) is 42.5 Å². The van der Waals surface area contributed by atoms with Crippen LogP contribution in [0.25, 0.3) is 0 Å². The smallest absolute Gasteiger partial charge is 0.242 e. The van der Waals surface area contributed by atoms with E-state index in [2.05, 4.69) is 50.5 Å². The number of fused-ring (bicyclic) bond motifs is 3. The van der Waals surface area contributed by atoms with Crippen LogP contribution < -0.4 is 20.1 Å². The SMILES string of the molecule is CC(C)c1ccc2c(c1)[C@H](NC[C@@H](O)[C@@H]1Cc3cccc(c3)OCCCCCC(=O)N(C)[C@@H](C)C(=O)N1)CC(C)(C)O2. The number of aliphatic hydroxyl groups is 1. The quantitative estimate of drug-likeness (QED) is 0.467. The summed E-state index contributed by atoms with van der Waals surface area (Å²) in [6.07, 6.45) is 3.16. The van der Waals surface area contributed by atoms with Crippen LogP contribution in [0.4, 0.5) is 0 Å². The second-order valence-electron chi connectivity index (χ2n) is 12.9. The molecule has 4 rings (SSSR count). The van der Waals surface area contributed by atoms with Crippen LogP contribution in [-0.4, -0.2) is 65.8 Å². The van der Waals surface area contributed by atoms with E-state index in [1.54, 1.807) is 14.0 Å². The average molecular weight is 580 g/mol. The van der Waals surface area contributed by atoms with Crippen LogP contribution >= 0.6 is 0 Å². The molecule has 0 unspecified atom stereocenters. The molecule has 2 heterocycles. The number of likely N-dealkylation sites (N-methyl/N-ethyl adjacent to an activating group) is 1. The number of rotatable bonds is 5. The third-order valence-electron chi connectivity index (χ3n) is 8.53. The molecule has 4 atom stereocenters. The topological polar surface area (TPSA) is 100 Å². The highest BCUT2D eigenvalue weighted by Gasteiger charge is 2.35. The molecule has 0 saturated carbocycles. The van der Waals surface area contributed by atoms with Gasteiger partial charge in [-0.3, -0.25) is 9.59 Å². The minimum atomic E-state index is -0.881. The van der Waals surface area contributed by atoms with Crippen molar-refractivity contribution >= 4 is 11.8 Å². The maximum Gasteiger partial charge on any atom is 0.242 e. The number of nitrogens with one attached hydrogen (secondary N) is 2. The van der Waals surface area contributed by atoms with Gasteiger partial charge in [-0.15, -0.1) is 0 Å². The molecular weight excluding hydrogens is 530 g/mol. The lowest BCUT2D eigenvalue weighted by Gasteiger charge is -2.39. The molecule has 0 spiro atoms. The lowest BCUT2D eigenvalue weighted by Crippen LogP contribution is -2.54. The predicted octanol–water partition coefficient (Wildman–Crippen LogP) is 4.89. The van der Waals surface area contributed by atoms with Crippen LogP contribution in [-0.2, 0) is 16.0 Å². The van der Waals surface area contributed by atoms with Gasteiger partial charge in [-0.2, -0.15) is 0 Å². The van der Waals surface area contributed by atoms with E-state index < -0.39 is 18.2 Å². The van der Waals surface area contributed by atoms with Gasteiger partial charge in [-0.1, -0.05) is 38.1 Å². The van der Waals surface area contributed by atoms with E-state index in [1.165, 1.54) is 10.5 Å². The van der Waals surface area contributed by atoms with Crippen molar-refractivity contribution in [2.45, 2.75) is 109 Å². The Balaban J connectivity index is 1.55. The standard InChI is InChI=1S/C34H49N3O5/c1-22(2)25-14-15-31-27(19-25)29(20-34(4,5)42-31)35-21-30(38)28-18-24-11-10-12-26(17-24)41-16-9-7-8-13-32(39)37(6)23(3)33(40)36-28/h10-12,14-15,17,19,22-23,28-30,35,38H,7-9,13,16,18,20-21H2,1-6H3,(H,36,40)/t23-,28-,29+,30+/m0/s1. The van der Waals surface area contributed by atoms with Gasteiger partial charge >= 0.3 is 0 Å². The summed E-state index contributed by atoms with van der Waals surface area (Å²) < 4.78 is 12.3. The first-order valence-corrected chi connectivity index (χ1v) is 15.5. The molecular formula is C34H49N3O5. The number of benzene rings is 2. The fourth-order valence-corrected chi connectivity index (χ4v) is 5.74. The van der Waals surface area contributed by atoms with E-state index >= 15 is 0 Å². The van der Waals surface area contributed by atoms with Crippen LogP contribution in [0.1, 0.15) is 95.4 Å². The van der Waals surface area contributed by atoms with Gasteiger partial charge in [0.1, 0.15) is 23.1 Å². The molecule has 2 aromatic rings. The average Bonchev–Trinajstić information content (AvgIpc) is 2.95. The minimum Gasteiger partial charge on any atom is -0.494 e. The summed E-state index contributed by atoms with van der Waals surface area (Å²) in [5, 5.41) is 18.2.